The summed E-state index contributed by atoms with van der Waals surface area (Å²) >= 11 is 0. The van der Waals surface area contributed by atoms with Crippen molar-refractivity contribution in [2.75, 3.05) is 18.0 Å². The van der Waals surface area contributed by atoms with Gasteiger partial charge in [-0.3, -0.25) is 33.9 Å². The number of benzene rings is 1. The van der Waals surface area contributed by atoms with Gasteiger partial charge in [0.25, 0.3) is 11.8 Å². The Balaban J connectivity index is 1.33. The van der Waals surface area contributed by atoms with Crippen LogP contribution in [0.4, 0.5) is 5.69 Å². The third-order valence-electron chi connectivity index (χ3n) is 7.57. The Morgan fingerprint density at radius 3 is 2.63 bits per heavy atom. The molecule has 0 spiro atoms. The molecule has 1 saturated heterocycles. The molecule has 1 fully saturated rings. The number of hydrogen-bond donors (Lipinski definition) is 1. The second-order valence-electron chi connectivity index (χ2n) is 9.69. The molecule has 0 bridgehead atoms. The van der Waals surface area contributed by atoms with Crippen LogP contribution in [0.5, 0.6) is 0 Å². The van der Waals surface area contributed by atoms with E-state index in [4.69, 9.17) is 0 Å². The summed E-state index contributed by atoms with van der Waals surface area (Å²) in [5, 5.41) is 2.43. The second kappa shape index (κ2) is 8.34. The van der Waals surface area contributed by atoms with Crippen LogP contribution >= 0.6 is 0 Å². The molecule has 10 heteroatoms. The minimum atomic E-state index is -0.530. The Kier molecular flexibility index (Phi) is 4.90. The molecule has 1 aromatic carbocycles. The van der Waals surface area contributed by atoms with Crippen molar-refractivity contribution >= 4 is 46.1 Å². The smallest absolute Gasteiger partial charge is 0.261 e. The van der Waals surface area contributed by atoms with Gasteiger partial charge >= 0.3 is 0 Å². The lowest BCUT2D eigenvalue weighted by molar-refractivity contribution is -0.135. The molecule has 188 valence electrons. The number of amides is 3. The summed E-state index contributed by atoms with van der Waals surface area (Å²) in [7, 11) is 0. The van der Waals surface area contributed by atoms with Gasteiger partial charge in [0, 0.05) is 56.5 Å². The van der Waals surface area contributed by atoms with Crippen molar-refractivity contribution in [2.45, 2.75) is 25.3 Å². The molecule has 7 rings (SSSR count). The van der Waals surface area contributed by atoms with E-state index in [0.717, 1.165) is 11.3 Å². The SMILES string of the molecule is O=C1CCN(C(=O)C2Cc3cccc4c3N2C=CN=C4C2=C(c3cnc4ccccn34)C(=O)NC2=O)CC1. The number of rotatable bonds is 3. The number of Topliss-reactive ketones (excluding diaryl/α,β-unsaturated/α-hetero) is 1. The number of imide groups is 1. The number of carbonyl (C=O) groups is 4. The summed E-state index contributed by atoms with van der Waals surface area (Å²) in [5.74, 6) is -0.897. The molecule has 1 N–H and O–H groups in total. The van der Waals surface area contributed by atoms with Crippen molar-refractivity contribution in [3.63, 3.8) is 0 Å². The third kappa shape index (κ3) is 3.26. The van der Waals surface area contributed by atoms with Gasteiger partial charge in [-0.1, -0.05) is 24.3 Å². The van der Waals surface area contributed by atoms with Crippen LogP contribution in [0.1, 0.15) is 29.7 Å². The number of nitrogens with one attached hydrogen (secondary N) is 1. The van der Waals surface area contributed by atoms with E-state index < -0.39 is 17.9 Å². The molecule has 3 aromatic rings. The average molecular weight is 507 g/mol. The van der Waals surface area contributed by atoms with E-state index in [2.05, 4.69) is 15.3 Å². The fraction of sp³-hybridized carbons (Fsp3) is 0.214. The molecule has 2 aromatic heterocycles. The number of anilines is 1. The zero-order chi connectivity index (χ0) is 26.0. The van der Waals surface area contributed by atoms with E-state index in [1.807, 2.05) is 41.3 Å². The number of imidazole rings is 1. The monoisotopic (exact) mass is 506 g/mol. The number of aromatic nitrogens is 2. The molecule has 38 heavy (non-hydrogen) atoms. The first-order chi connectivity index (χ1) is 18.5. The number of likely N-dealkylation sites (tertiary alicyclic amines) is 1. The quantitative estimate of drug-likeness (QED) is 0.540. The lowest BCUT2D eigenvalue weighted by Gasteiger charge is -2.32. The largest absolute Gasteiger partial charge is 0.340 e. The summed E-state index contributed by atoms with van der Waals surface area (Å²) in [6.45, 7) is 0.850. The van der Waals surface area contributed by atoms with Crippen LogP contribution < -0.4 is 10.2 Å². The topological polar surface area (TPSA) is 116 Å². The average Bonchev–Trinajstić information content (AvgIpc) is 3.55. The van der Waals surface area contributed by atoms with E-state index in [0.29, 0.717) is 55.0 Å². The van der Waals surface area contributed by atoms with Gasteiger partial charge in [-0.15, -0.1) is 0 Å². The van der Waals surface area contributed by atoms with Crippen LogP contribution in [-0.2, 0) is 25.6 Å². The second-order valence-corrected chi connectivity index (χ2v) is 9.69. The fourth-order valence-electron chi connectivity index (χ4n) is 5.78. The highest BCUT2D eigenvalue weighted by Gasteiger charge is 2.42. The number of carbonyl (C=O) groups excluding carboxylic acids is 4. The standard InChI is InChI=1S/C28H22N6O4/c35-17-7-11-32(12-8-17)28(38)19-14-16-4-3-5-18-24(29-9-13-34(19)25(16)18)23-22(26(36)31-27(23)37)20-15-30-21-6-1-2-10-33(20)21/h1-6,9-10,13,15,19H,7-8,11-12,14H2,(H,31,36,37). The molecule has 4 aliphatic rings. The van der Waals surface area contributed by atoms with Gasteiger partial charge < -0.3 is 9.80 Å². The minimum absolute atomic E-state index is 0.0350. The Morgan fingerprint density at radius 1 is 0.974 bits per heavy atom. The highest BCUT2D eigenvalue weighted by molar-refractivity contribution is 6.47. The van der Waals surface area contributed by atoms with Crippen molar-refractivity contribution in [1.29, 1.82) is 0 Å². The Morgan fingerprint density at radius 2 is 1.79 bits per heavy atom. The molecule has 0 aliphatic carbocycles. The summed E-state index contributed by atoms with van der Waals surface area (Å²) in [4.78, 5) is 64.2. The van der Waals surface area contributed by atoms with Crippen molar-refractivity contribution < 1.29 is 19.2 Å². The summed E-state index contributed by atoms with van der Waals surface area (Å²) in [6, 6.07) is 10.7. The maximum Gasteiger partial charge on any atom is 0.261 e. The van der Waals surface area contributed by atoms with Crippen molar-refractivity contribution in [3.05, 3.63) is 83.6 Å². The number of fused-ring (bicyclic) bond motifs is 1. The van der Waals surface area contributed by atoms with E-state index >= 15 is 0 Å². The van der Waals surface area contributed by atoms with Crippen molar-refractivity contribution in [3.8, 4) is 0 Å². The van der Waals surface area contributed by atoms with Gasteiger partial charge in [-0.25, -0.2) is 4.98 Å². The molecule has 0 radical (unpaired) electrons. The van der Waals surface area contributed by atoms with Gasteiger partial charge in [0.05, 0.1) is 34.4 Å². The number of pyridine rings is 1. The van der Waals surface area contributed by atoms with Crippen LogP contribution in [0, 0.1) is 0 Å². The van der Waals surface area contributed by atoms with E-state index in [-0.39, 0.29) is 22.8 Å². The molecule has 0 saturated carbocycles. The molecular formula is C28H22N6O4. The fourth-order valence-corrected chi connectivity index (χ4v) is 5.78. The molecule has 6 heterocycles. The van der Waals surface area contributed by atoms with Gasteiger partial charge in [0.2, 0.25) is 5.91 Å². The van der Waals surface area contributed by atoms with E-state index in [1.54, 1.807) is 34.1 Å². The maximum atomic E-state index is 13.5. The number of aliphatic imine (C=N–C) groups is 1. The maximum absolute atomic E-state index is 13.5. The van der Waals surface area contributed by atoms with E-state index in [1.165, 1.54) is 0 Å². The normalized spacial score (nSPS) is 20.7. The van der Waals surface area contributed by atoms with Crippen LogP contribution in [0.2, 0.25) is 0 Å². The van der Waals surface area contributed by atoms with Crippen LogP contribution in [0.15, 0.2) is 71.8 Å². The lowest BCUT2D eigenvalue weighted by atomic mass is 9.94. The van der Waals surface area contributed by atoms with Crippen molar-refractivity contribution in [1.82, 2.24) is 19.6 Å². The molecule has 10 nitrogen and oxygen atoms in total. The van der Waals surface area contributed by atoms with Gasteiger partial charge in [0.15, 0.2) is 0 Å². The Hall–Kier alpha value is -4.86. The van der Waals surface area contributed by atoms with Gasteiger partial charge in [-0.2, -0.15) is 0 Å². The molecular weight excluding hydrogens is 484 g/mol. The van der Waals surface area contributed by atoms with Crippen molar-refractivity contribution in [2.24, 2.45) is 4.99 Å². The first-order valence-electron chi connectivity index (χ1n) is 12.5. The van der Waals surface area contributed by atoms with Crippen LogP contribution in [0.3, 0.4) is 0 Å². The minimum Gasteiger partial charge on any atom is -0.340 e. The number of hydrogen-bond acceptors (Lipinski definition) is 7. The predicted octanol–water partition coefficient (Wildman–Crippen LogP) is 1.64. The number of ketones is 1. The van der Waals surface area contributed by atoms with Crippen LogP contribution in [-0.4, -0.2) is 62.6 Å². The highest BCUT2D eigenvalue weighted by atomic mass is 16.2. The first-order valence-corrected chi connectivity index (χ1v) is 12.5. The Labute approximate surface area is 217 Å². The molecule has 1 unspecified atom stereocenters. The summed E-state index contributed by atoms with van der Waals surface area (Å²) in [5.41, 5.74) is 4.30. The third-order valence-corrected chi connectivity index (χ3v) is 7.57. The lowest BCUT2D eigenvalue weighted by Crippen LogP contribution is -2.48. The number of nitrogens with zero attached hydrogens (tertiary/aromatic N) is 5. The molecule has 4 aliphatic heterocycles. The summed E-state index contributed by atoms with van der Waals surface area (Å²) in [6.07, 6.45) is 7.94. The predicted molar refractivity (Wildman–Crippen MR) is 138 cm³/mol. The van der Waals surface area contributed by atoms with Crippen LogP contribution in [0.25, 0.3) is 11.2 Å². The first kappa shape index (κ1) is 22.3. The van der Waals surface area contributed by atoms with Gasteiger partial charge in [0.1, 0.15) is 17.5 Å². The highest BCUT2D eigenvalue weighted by Crippen LogP contribution is 2.40. The zero-order valence-corrected chi connectivity index (χ0v) is 20.3. The van der Waals surface area contributed by atoms with E-state index in [9.17, 15) is 19.2 Å². The zero-order valence-electron chi connectivity index (χ0n) is 20.3. The van der Waals surface area contributed by atoms with Gasteiger partial charge in [-0.05, 0) is 17.7 Å². The molecule has 1 atom stereocenters. The summed E-state index contributed by atoms with van der Waals surface area (Å²) < 4.78 is 1.76. The Bertz CT molecular complexity index is 1670. The molecule has 3 amide bonds. The number of piperidine rings is 1. The number of para-hydroxylation sites is 1.